The van der Waals surface area contributed by atoms with E-state index in [2.05, 4.69) is 43.4 Å². The molecule has 4 heteroatoms. The number of rotatable bonds is 8. The monoisotopic (exact) mass is 295 g/mol. The Balaban J connectivity index is 2.56. The van der Waals surface area contributed by atoms with E-state index in [-0.39, 0.29) is 0 Å². The summed E-state index contributed by atoms with van der Waals surface area (Å²) in [5.74, 6) is -0.176. The van der Waals surface area contributed by atoms with Crippen LogP contribution in [0.3, 0.4) is 0 Å². The van der Waals surface area contributed by atoms with Crippen LogP contribution in [0, 0.1) is 5.41 Å². The van der Waals surface area contributed by atoms with Crippen molar-refractivity contribution in [1.82, 2.24) is 5.32 Å². The summed E-state index contributed by atoms with van der Waals surface area (Å²) in [6.45, 7) is 8.85. The number of thioether (sulfide) groups is 1. The summed E-state index contributed by atoms with van der Waals surface area (Å²) < 4.78 is 0. The highest BCUT2D eigenvalue weighted by Gasteiger charge is 2.27. The quantitative estimate of drug-likeness (QED) is 0.713. The first-order valence-electron chi connectivity index (χ1n) is 7.06. The SMILES string of the molecule is CCCNC(C)c1ccc(SCC(C)(C)C(=O)O)cc1. The average molecular weight is 295 g/mol. The van der Waals surface area contributed by atoms with Crippen LogP contribution in [0.15, 0.2) is 29.2 Å². The van der Waals surface area contributed by atoms with E-state index in [9.17, 15) is 4.79 Å². The van der Waals surface area contributed by atoms with Crippen LogP contribution >= 0.6 is 11.8 Å². The van der Waals surface area contributed by atoms with Crippen LogP contribution in [0.25, 0.3) is 0 Å². The molecular weight excluding hydrogens is 270 g/mol. The molecule has 0 amide bonds. The fraction of sp³-hybridized carbons (Fsp3) is 0.562. The third-order valence-corrected chi connectivity index (χ3v) is 4.73. The molecule has 0 aromatic heterocycles. The number of nitrogens with one attached hydrogen (secondary N) is 1. The zero-order valence-electron chi connectivity index (χ0n) is 12.8. The highest BCUT2D eigenvalue weighted by molar-refractivity contribution is 7.99. The van der Waals surface area contributed by atoms with Gasteiger partial charge in [-0.2, -0.15) is 0 Å². The van der Waals surface area contributed by atoms with Crippen LogP contribution in [-0.2, 0) is 4.79 Å². The molecule has 3 nitrogen and oxygen atoms in total. The van der Waals surface area contributed by atoms with E-state index in [1.165, 1.54) is 5.56 Å². The molecule has 0 saturated carbocycles. The summed E-state index contributed by atoms with van der Waals surface area (Å²) in [5, 5.41) is 12.6. The molecule has 20 heavy (non-hydrogen) atoms. The van der Waals surface area contributed by atoms with Gasteiger partial charge >= 0.3 is 5.97 Å². The standard InChI is InChI=1S/C16H25NO2S/c1-5-10-17-12(2)13-6-8-14(9-7-13)20-11-16(3,4)15(18)19/h6-9,12,17H,5,10-11H2,1-4H3,(H,18,19). The van der Waals surface area contributed by atoms with E-state index in [0.717, 1.165) is 17.9 Å². The maximum Gasteiger partial charge on any atom is 0.309 e. The maximum atomic E-state index is 11.1. The van der Waals surface area contributed by atoms with Gasteiger partial charge in [-0.25, -0.2) is 0 Å². The minimum Gasteiger partial charge on any atom is -0.481 e. The average Bonchev–Trinajstić information content (AvgIpc) is 2.43. The molecule has 0 fully saturated rings. The summed E-state index contributed by atoms with van der Waals surface area (Å²) in [5.41, 5.74) is 0.569. The normalized spacial score (nSPS) is 13.2. The van der Waals surface area contributed by atoms with Crippen molar-refractivity contribution in [3.05, 3.63) is 29.8 Å². The zero-order valence-corrected chi connectivity index (χ0v) is 13.6. The molecule has 1 aromatic carbocycles. The summed E-state index contributed by atoms with van der Waals surface area (Å²) >= 11 is 1.59. The fourth-order valence-electron chi connectivity index (χ4n) is 1.66. The second-order valence-electron chi connectivity index (χ2n) is 5.72. The van der Waals surface area contributed by atoms with E-state index >= 15 is 0 Å². The van der Waals surface area contributed by atoms with E-state index in [1.807, 2.05) is 0 Å². The van der Waals surface area contributed by atoms with E-state index in [4.69, 9.17) is 5.11 Å². The number of benzene rings is 1. The number of carbonyl (C=O) groups is 1. The molecule has 1 rings (SSSR count). The molecule has 0 aliphatic heterocycles. The van der Waals surface area contributed by atoms with Gasteiger partial charge in [0.2, 0.25) is 0 Å². The molecule has 112 valence electrons. The molecule has 0 aliphatic rings. The Kier molecular flexibility index (Phi) is 6.56. The molecule has 0 saturated heterocycles. The summed E-state index contributed by atoms with van der Waals surface area (Å²) in [6, 6.07) is 8.72. The lowest BCUT2D eigenvalue weighted by Crippen LogP contribution is -2.26. The highest BCUT2D eigenvalue weighted by Crippen LogP contribution is 2.28. The van der Waals surface area contributed by atoms with Gasteiger partial charge in [-0.15, -0.1) is 11.8 Å². The zero-order chi connectivity index (χ0) is 15.2. The lowest BCUT2D eigenvalue weighted by atomic mass is 9.97. The highest BCUT2D eigenvalue weighted by atomic mass is 32.2. The van der Waals surface area contributed by atoms with Crippen LogP contribution < -0.4 is 5.32 Å². The largest absolute Gasteiger partial charge is 0.481 e. The van der Waals surface area contributed by atoms with Gasteiger partial charge in [0, 0.05) is 16.7 Å². The van der Waals surface area contributed by atoms with Crippen LogP contribution in [0.4, 0.5) is 0 Å². The molecule has 0 heterocycles. The first-order chi connectivity index (χ1) is 9.36. The maximum absolute atomic E-state index is 11.1. The Hall–Kier alpha value is -1.00. The van der Waals surface area contributed by atoms with E-state index in [1.54, 1.807) is 25.6 Å². The number of carboxylic acids is 1. The summed E-state index contributed by atoms with van der Waals surface area (Å²) in [7, 11) is 0. The lowest BCUT2D eigenvalue weighted by Gasteiger charge is -2.18. The van der Waals surface area contributed by atoms with Crippen molar-refractivity contribution in [1.29, 1.82) is 0 Å². The second kappa shape index (κ2) is 7.70. The second-order valence-corrected chi connectivity index (χ2v) is 6.77. The van der Waals surface area contributed by atoms with Crippen molar-refractivity contribution in [2.24, 2.45) is 5.41 Å². The molecular formula is C16H25NO2S. The molecule has 1 atom stereocenters. The Morgan fingerprint density at radius 1 is 1.35 bits per heavy atom. The third-order valence-electron chi connectivity index (χ3n) is 3.26. The van der Waals surface area contributed by atoms with Gasteiger partial charge < -0.3 is 10.4 Å². The topological polar surface area (TPSA) is 49.3 Å². The van der Waals surface area contributed by atoms with Crippen LogP contribution in [0.5, 0.6) is 0 Å². The Morgan fingerprint density at radius 2 is 1.95 bits per heavy atom. The van der Waals surface area contributed by atoms with Crippen molar-refractivity contribution in [2.45, 2.75) is 45.1 Å². The summed E-state index contributed by atoms with van der Waals surface area (Å²) in [4.78, 5) is 12.2. The summed E-state index contributed by atoms with van der Waals surface area (Å²) in [6.07, 6.45) is 1.13. The smallest absolute Gasteiger partial charge is 0.309 e. The van der Waals surface area contributed by atoms with E-state index in [0.29, 0.717) is 11.8 Å². The minimum atomic E-state index is -0.751. The molecule has 2 N–H and O–H groups in total. The first-order valence-corrected chi connectivity index (χ1v) is 8.05. The Labute approximate surface area is 126 Å². The van der Waals surface area contributed by atoms with Crippen molar-refractivity contribution in [3.63, 3.8) is 0 Å². The third kappa shape index (κ3) is 5.17. The van der Waals surface area contributed by atoms with Crippen LogP contribution in [0.1, 0.15) is 45.7 Å². The minimum absolute atomic E-state index is 0.351. The first kappa shape index (κ1) is 17.1. The van der Waals surface area contributed by atoms with Gasteiger partial charge in [-0.3, -0.25) is 4.79 Å². The van der Waals surface area contributed by atoms with Gasteiger partial charge in [-0.1, -0.05) is 19.1 Å². The van der Waals surface area contributed by atoms with Crippen molar-refractivity contribution < 1.29 is 9.90 Å². The molecule has 0 bridgehead atoms. The van der Waals surface area contributed by atoms with Crippen molar-refractivity contribution >= 4 is 17.7 Å². The number of aliphatic carboxylic acids is 1. The predicted octanol–water partition coefficient (Wildman–Crippen LogP) is 3.95. The molecule has 1 unspecified atom stereocenters. The Morgan fingerprint density at radius 3 is 2.45 bits per heavy atom. The van der Waals surface area contributed by atoms with Crippen LogP contribution in [-0.4, -0.2) is 23.4 Å². The predicted molar refractivity (Wildman–Crippen MR) is 85.3 cm³/mol. The van der Waals surface area contributed by atoms with Gasteiger partial charge in [0.15, 0.2) is 0 Å². The van der Waals surface area contributed by atoms with Gasteiger partial charge in [0.1, 0.15) is 0 Å². The molecule has 0 radical (unpaired) electrons. The van der Waals surface area contributed by atoms with Gasteiger partial charge in [0.25, 0.3) is 0 Å². The van der Waals surface area contributed by atoms with Crippen molar-refractivity contribution in [3.8, 4) is 0 Å². The van der Waals surface area contributed by atoms with E-state index < -0.39 is 11.4 Å². The van der Waals surface area contributed by atoms with Crippen LogP contribution in [0.2, 0.25) is 0 Å². The van der Waals surface area contributed by atoms with Gasteiger partial charge in [-0.05, 0) is 51.4 Å². The fourth-order valence-corrected chi connectivity index (χ4v) is 2.64. The molecule has 1 aromatic rings. The number of hydrogen-bond acceptors (Lipinski definition) is 3. The number of carboxylic acid groups (broad SMARTS) is 1. The lowest BCUT2D eigenvalue weighted by molar-refractivity contribution is -0.145. The molecule has 0 aliphatic carbocycles. The Bertz CT molecular complexity index is 429. The van der Waals surface area contributed by atoms with Gasteiger partial charge in [0.05, 0.1) is 5.41 Å². The number of hydrogen-bond donors (Lipinski definition) is 2. The molecule has 0 spiro atoms. The van der Waals surface area contributed by atoms with Crippen molar-refractivity contribution in [2.75, 3.05) is 12.3 Å².